The number of rotatable bonds is 10. The zero-order valence-corrected chi connectivity index (χ0v) is 21.6. The molecule has 3 heterocycles. The maximum atomic E-state index is 12.7. The van der Waals surface area contributed by atoms with Gasteiger partial charge in [0.1, 0.15) is 11.6 Å². The van der Waals surface area contributed by atoms with Crippen LogP contribution in [0, 0.1) is 0 Å². The number of nitrogen functional groups attached to an aromatic ring is 1. The summed E-state index contributed by atoms with van der Waals surface area (Å²) in [6.45, 7) is 7.57. The summed E-state index contributed by atoms with van der Waals surface area (Å²) < 4.78 is 5.64. The molecule has 0 aliphatic carbocycles. The number of hydrogen-bond donors (Lipinski definition) is 1. The van der Waals surface area contributed by atoms with Gasteiger partial charge < -0.3 is 20.3 Å². The zero-order valence-electron chi connectivity index (χ0n) is 21.6. The number of carbonyl (C=O) groups excluding carboxylic acids is 2. The van der Waals surface area contributed by atoms with E-state index in [1.165, 1.54) is 5.56 Å². The van der Waals surface area contributed by atoms with Crippen molar-refractivity contribution in [2.45, 2.75) is 39.3 Å². The monoisotopic (exact) mass is 495 g/mol. The number of fused-ring (bicyclic) bond motifs is 1. The third-order valence-electron chi connectivity index (χ3n) is 6.56. The lowest BCUT2D eigenvalue weighted by Gasteiger charge is -2.35. The van der Waals surface area contributed by atoms with Crippen LogP contribution < -0.4 is 15.4 Å². The largest absolute Gasteiger partial charge is 0.463 e. The van der Waals surface area contributed by atoms with Crippen LogP contribution in [0.2, 0.25) is 0 Å². The van der Waals surface area contributed by atoms with Crippen LogP contribution in [0.1, 0.15) is 36.5 Å². The maximum absolute atomic E-state index is 12.7. The van der Waals surface area contributed by atoms with Crippen molar-refractivity contribution in [1.82, 2.24) is 24.7 Å². The number of unbranched alkanes of at least 4 members (excludes halogenated alkanes) is 1. The molecule has 1 aromatic carbocycles. The molecule has 0 atom stereocenters. The summed E-state index contributed by atoms with van der Waals surface area (Å²) in [5.41, 5.74) is 9.01. The predicted octanol–water partition coefficient (Wildman–Crippen LogP) is 1.53. The van der Waals surface area contributed by atoms with E-state index in [-0.39, 0.29) is 24.2 Å². The van der Waals surface area contributed by atoms with Gasteiger partial charge >= 0.3 is 6.01 Å². The van der Waals surface area contributed by atoms with Crippen molar-refractivity contribution in [2.75, 3.05) is 64.1 Å². The first-order valence-corrected chi connectivity index (χ1v) is 12.7. The van der Waals surface area contributed by atoms with Crippen molar-refractivity contribution in [2.24, 2.45) is 0 Å². The lowest BCUT2D eigenvalue weighted by Crippen LogP contribution is -2.50. The second-order valence-electron chi connectivity index (χ2n) is 9.76. The lowest BCUT2D eigenvalue weighted by atomic mass is 10.1. The van der Waals surface area contributed by atoms with E-state index >= 15 is 0 Å². The number of nitrogens with zero attached hydrogens (tertiary/aromatic N) is 6. The highest BCUT2D eigenvalue weighted by atomic mass is 16.5. The Kier molecular flexibility index (Phi) is 8.37. The highest BCUT2D eigenvalue weighted by Gasteiger charge is 2.32. The molecule has 0 radical (unpaired) electrons. The molecule has 0 saturated carbocycles. The van der Waals surface area contributed by atoms with Gasteiger partial charge in [0.25, 0.3) is 0 Å². The Morgan fingerprint density at radius 2 is 1.72 bits per heavy atom. The molecular weight excluding hydrogens is 458 g/mol. The van der Waals surface area contributed by atoms with Gasteiger partial charge in [-0.3, -0.25) is 19.4 Å². The molecule has 2 aromatic rings. The van der Waals surface area contributed by atoms with Gasteiger partial charge in [-0.15, -0.1) is 0 Å². The molecule has 0 bridgehead atoms. The average Bonchev–Trinajstić information content (AvgIpc) is 3.16. The van der Waals surface area contributed by atoms with Gasteiger partial charge in [-0.05, 0) is 31.6 Å². The maximum Gasteiger partial charge on any atom is 0.320 e. The molecule has 2 amide bonds. The SMILES string of the molecule is CCCCOc1nc(N)c2c(n1)N(Cc1ccc(CN3CCN(C(=O)CN(C)C)CC3)cc1)C(=O)C2. The van der Waals surface area contributed by atoms with Crippen LogP contribution in [-0.2, 0) is 29.1 Å². The number of ether oxygens (including phenoxy) is 1. The number of amides is 2. The average molecular weight is 496 g/mol. The third-order valence-corrected chi connectivity index (χ3v) is 6.56. The number of benzene rings is 1. The number of hydrogen-bond acceptors (Lipinski definition) is 8. The van der Waals surface area contributed by atoms with Crippen molar-refractivity contribution in [3.8, 4) is 6.01 Å². The van der Waals surface area contributed by atoms with Crippen molar-refractivity contribution in [3.05, 3.63) is 41.0 Å². The smallest absolute Gasteiger partial charge is 0.320 e. The van der Waals surface area contributed by atoms with E-state index in [2.05, 4.69) is 46.1 Å². The van der Waals surface area contributed by atoms with Crippen LogP contribution in [0.25, 0.3) is 0 Å². The molecule has 0 unspecified atom stereocenters. The van der Waals surface area contributed by atoms with Crippen LogP contribution >= 0.6 is 0 Å². The number of anilines is 2. The van der Waals surface area contributed by atoms with Crippen LogP contribution in [0.4, 0.5) is 11.6 Å². The van der Waals surface area contributed by atoms with E-state index < -0.39 is 0 Å². The van der Waals surface area contributed by atoms with Crippen molar-refractivity contribution in [3.63, 3.8) is 0 Å². The molecular formula is C26H37N7O3. The predicted molar refractivity (Wildman–Crippen MR) is 139 cm³/mol. The standard InChI is InChI=1S/C26H37N7O3/c1-4-5-14-36-26-28-24(27)21-15-22(34)33(25(21)29-26)17-20-8-6-19(7-9-20)16-31-10-12-32(13-11-31)23(35)18-30(2)3/h6-9H,4-5,10-18H2,1-3H3,(H2,27,28,29). The quantitative estimate of drug-likeness (QED) is 0.495. The molecule has 2 N–H and O–H groups in total. The van der Waals surface area contributed by atoms with Gasteiger partial charge in [0, 0.05) is 38.3 Å². The first-order valence-electron chi connectivity index (χ1n) is 12.7. The summed E-state index contributed by atoms with van der Waals surface area (Å²) in [7, 11) is 3.83. The molecule has 194 valence electrons. The van der Waals surface area contributed by atoms with E-state index in [1.807, 2.05) is 23.9 Å². The Bertz CT molecular complexity index is 1070. The number of carbonyl (C=O) groups is 2. The van der Waals surface area contributed by atoms with E-state index in [1.54, 1.807) is 4.90 Å². The van der Waals surface area contributed by atoms with Gasteiger partial charge in [0.2, 0.25) is 11.8 Å². The zero-order chi connectivity index (χ0) is 25.7. The molecule has 1 saturated heterocycles. The summed E-state index contributed by atoms with van der Waals surface area (Å²) in [6, 6.07) is 8.54. The Labute approximate surface area is 213 Å². The van der Waals surface area contributed by atoms with Gasteiger partial charge in [-0.2, -0.15) is 9.97 Å². The van der Waals surface area contributed by atoms with Crippen molar-refractivity contribution < 1.29 is 14.3 Å². The van der Waals surface area contributed by atoms with Crippen LogP contribution in [0.15, 0.2) is 24.3 Å². The highest BCUT2D eigenvalue weighted by Crippen LogP contribution is 2.33. The summed E-state index contributed by atoms with van der Waals surface area (Å²) in [5, 5.41) is 0. The van der Waals surface area contributed by atoms with Crippen molar-refractivity contribution in [1.29, 1.82) is 0 Å². The number of aromatic nitrogens is 2. The Balaban J connectivity index is 1.34. The van der Waals surface area contributed by atoms with Crippen LogP contribution in [0.5, 0.6) is 6.01 Å². The van der Waals surface area contributed by atoms with E-state index in [0.717, 1.165) is 51.1 Å². The first kappa shape index (κ1) is 25.8. The third kappa shape index (κ3) is 6.30. The molecule has 2 aliphatic heterocycles. The van der Waals surface area contributed by atoms with Gasteiger partial charge in [0.05, 0.1) is 26.1 Å². The minimum Gasteiger partial charge on any atom is -0.463 e. The normalized spacial score (nSPS) is 16.1. The molecule has 0 spiro atoms. The molecule has 1 aromatic heterocycles. The van der Waals surface area contributed by atoms with E-state index in [0.29, 0.717) is 36.9 Å². The highest BCUT2D eigenvalue weighted by molar-refractivity contribution is 6.01. The fourth-order valence-corrected chi connectivity index (χ4v) is 4.48. The van der Waals surface area contributed by atoms with E-state index in [9.17, 15) is 9.59 Å². The molecule has 2 aliphatic rings. The fraction of sp³-hybridized carbons (Fsp3) is 0.538. The second kappa shape index (κ2) is 11.7. The van der Waals surface area contributed by atoms with Gasteiger partial charge in [-0.25, -0.2) is 0 Å². The van der Waals surface area contributed by atoms with Crippen LogP contribution in [-0.4, -0.2) is 89.9 Å². The Morgan fingerprint density at radius 3 is 2.36 bits per heavy atom. The summed E-state index contributed by atoms with van der Waals surface area (Å²) in [6.07, 6.45) is 2.12. The minimum absolute atomic E-state index is 0.0394. The molecule has 10 heteroatoms. The Hall–Kier alpha value is -3.24. The number of nitrogens with two attached hydrogens (primary N) is 1. The lowest BCUT2D eigenvalue weighted by molar-refractivity contribution is -0.133. The minimum atomic E-state index is -0.0394. The topological polar surface area (TPSA) is 108 Å². The summed E-state index contributed by atoms with van der Waals surface area (Å²) >= 11 is 0. The summed E-state index contributed by atoms with van der Waals surface area (Å²) in [5.74, 6) is 1.00. The molecule has 36 heavy (non-hydrogen) atoms. The van der Waals surface area contributed by atoms with Crippen LogP contribution in [0.3, 0.4) is 0 Å². The second-order valence-corrected chi connectivity index (χ2v) is 9.76. The van der Waals surface area contributed by atoms with Gasteiger partial charge in [-0.1, -0.05) is 37.6 Å². The fourth-order valence-electron chi connectivity index (χ4n) is 4.48. The molecule has 10 nitrogen and oxygen atoms in total. The summed E-state index contributed by atoms with van der Waals surface area (Å²) in [4.78, 5) is 41.6. The van der Waals surface area contributed by atoms with E-state index in [4.69, 9.17) is 10.5 Å². The number of piperazine rings is 1. The number of likely N-dealkylation sites (N-methyl/N-ethyl adjacent to an activating group) is 1. The van der Waals surface area contributed by atoms with Gasteiger partial charge in [0.15, 0.2) is 0 Å². The molecule has 1 fully saturated rings. The Morgan fingerprint density at radius 1 is 1.06 bits per heavy atom. The van der Waals surface area contributed by atoms with Crippen molar-refractivity contribution >= 4 is 23.5 Å². The first-order chi connectivity index (χ1) is 17.3. The molecule has 4 rings (SSSR count).